The van der Waals surface area contributed by atoms with Crippen molar-refractivity contribution in [3.63, 3.8) is 0 Å². The molecule has 0 aliphatic carbocycles. The third-order valence-corrected chi connectivity index (χ3v) is 5.99. The lowest BCUT2D eigenvalue weighted by molar-refractivity contribution is 0.385. The van der Waals surface area contributed by atoms with Crippen molar-refractivity contribution >= 4 is 27.5 Å². The highest BCUT2D eigenvalue weighted by Crippen LogP contribution is 2.25. The quantitative estimate of drug-likeness (QED) is 0.818. The van der Waals surface area contributed by atoms with Gasteiger partial charge in [-0.3, -0.25) is 0 Å². The highest BCUT2D eigenvalue weighted by atomic mass is 32.2. The van der Waals surface area contributed by atoms with Gasteiger partial charge in [0.15, 0.2) is 0 Å². The van der Waals surface area contributed by atoms with Crippen LogP contribution >= 0.6 is 11.8 Å². The van der Waals surface area contributed by atoms with Gasteiger partial charge in [-0.25, -0.2) is 12.8 Å². The first kappa shape index (κ1) is 17.3. The number of nitrogens with zero attached hydrogens (tertiary/aromatic N) is 1. The molecule has 1 atom stereocenters. The standard InChI is InChI=1S/C13H21FN2O2S2/c1-5-10(8-19-4)16(3)20(17,18)11-6-12(14)9(2)13(15)7-11/h6-7,10H,5,8,15H2,1-4H3. The molecule has 0 amide bonds. The molecule has 0 fully saturated rings. The van der Waals surface area contributed by atoms with Crippen molar-refractivity contribution in [1.29, 1.82) is 0 Å². The molecule has 1 aromatic rings. The van der Waals surface area contributed by atoms with Crippen molar-refractivity contribution in [2.45, 2.75) is 31.2 Å². The summed E-state index contributed by atoms with van der Waals surface area (Å²) in [6.07, 6.45) is 2.62. The molecule has 0 spiro atoms. The minimum Gasteiger partial charge on any atom is -0.398 e. The van der Waals surface area contributed by atoms with Gasteiger partial charge in [-0.2, -0.15) is 16.1 Å². The van der Waals surface area contributed by atoms with Gasteiger partial charge in [0, 0.05) is 30.1 Å². The Morgan fingerprint density at radius 2 is 2.05 bits per heavy atom. The van der Waals surface area contributed by atoms with Gasteiger partial charge < -0.3 is 5.73 Å². The van der Waals surface area contributed by atoms with Crippen molar-refractivity contribution in [2.75, 3.05) is 24.8 Å². The third-order valence-electron chi connectivity index (χ3n) is 3.38. The van der Waals surface area contributed by atoms with Crippen molar-refractivity contribution in [2.24, 2.45) is 0 Å². The lowest BCUT2D eigenvalue weighted by Gasteiger charge is -2.26. The molecule has 4 nitrogen and oxygen atoms in total. The van der Waals surface area contributed by atoms with Crippen LogP contribution in [0.1, 0.15) is 18.9 Å². The second-order valence-corrected chi connectivity index (χ2v) is 7.57. The van der Waals surface area contributed by atoms with E-state index < -0.39 is 15.8 Å². The summed E-state index contributed by atoms with van der Waals surface area (Å²) in [6, 6.07) is 2.22. The molecule has 0 bridgehead atoms. The number of halogens is 1. The fourth-order valence-corrected chi connectivity index (χ4v) is 4.27. The Kier molecular flexibility index (Phi) is 5.85. The minimum absolute atomic E-state index is 0.0971. The van der Waals surface area contributed by atoms with E-state index in [1.54, 1.807) is 11.8 Å². The SMILES string of the molecule is CCC(CSC)N(C)S(=O)(=O)c1cc(N)c(C)c(F)c1. The summed E-state index contributed by atoms with van der Waals surface area (Å²) in [5, 5.41) is 0. The van der Waals surface area contributed by atoms with Crippen molar-refractivity contribution in [1.82, 2.24) is 4.31 Å². The van der Waals surface area contributed by atoms with Crippen LogP contribution in [0.4, 0.5) is 10.1 Å². The van der Waals surface area contributed by atoms with E-state index in [2.05, 4.69) is 0 Å². The van der Waals surface area contributed by atoms with Crippen LogP contribution < -0.4 is 5.73 Å². The zero-order valence-electron chi connectivity index (χ0n) is 12.2. The zero-order valence-corrected chi connectivity index (χ0v) is 13.8. The van der Waals surface area contributed by atoms with Crippen LogP contribution in [-0.2, 0) is 10.0 Å². The van der Waals surface area contributed by atoms with Gasteiger partial charge in [0.05, 0.1) is 4.90 Å². The lowest BCUT2D eigenvalue weighted by atomic mass is 10.2. The van der Waals surface area contributed by atoms with Gasteiger partial charge in [0.2, 0.25) is 10.0 Å². The fourth-order valence-electron chi connectivity index (χ4n) is 1.86. The number of benzene rings is 1. The number of nitrogens with two attached hydrogens (primary N) is 1. The maximum atomic E-state index is 13.7. The molecule has 0 radical (unpaired) electrons. The van der Waals surface area contributed by atoms with Gasteiger partial charge in [-0.05, 0) is 31.7 Å². The number of thioether (sulfide) groups is 1. The summed E-state index contributed by atoms with van der Waals surface area (Å²) in [7, 11) is -2.21. The third kappa shape index (κ3) is 3.45. The molecule has 114 valence electrons. The van der Waals surface area contributed by atoms with Crippen LogP contribution in [-0.4, -0.2) is 37.8 Å². The molecule has 0 saturated heterocycles. The second kappa shape index (κ2) is 6.78. The Morgan fingerprint density at radius 1 is 1.45 bits per heavy atom. The van der Waals surface area contributed by atoms with Crippen LogP contribution in [0.15, 0.2) is 17.0 Å². The Balaban J connectivity index is 3.22. The smallest absolute Gasteiger partial charge is 0.243 e. The molecule has 0 saturated carbocycles. The molecule has 1 unspecified atom stereocenters. The summed E-state index contributed by atoms with van der Waals surface area (Å²) in [4.78, 5) is -0.0971. The molecule has 1 aromatic carbocycles. The molecule has 0 heterocycles. The first-order valence-electron chi connectivity index (χ1n) is 6.28. The highest BCUT2D eigenvalue weighted by molar-refractivity contribution is 7.98. The number of nitrogen functional groups attached to an aromatic ring is 1. The Morgan fingerprint density at radius 3 is 2.50 bits per heavy atom. The second-order valence-electron chi connectivity index (χ2n) is 4.66. The first-order chi connectivity index (χ1) is 9.25. The van der Waals surface area contributed by atoms with E-state index in [-0.39, 0.29) is 22.2 Å². The highest BCUT2D eigenvalue weighted by Gasteiger charge is 2.27. The average Bonchev–Trinajstić information content (AvgIpc) is 2.40. The Labute approximate surface area is 124 Å². The van der Waals surface area contributed by atoms with Crippen LogP contribution in [0.2, 0.25) is 0 Å². The van der Waals surface area contributed by atoms with E-state index in [0.29, 0.717) is 12.2 Å². The normalized spacial score (nSPS) is 13.7. The van der Waals surface area contributed by atoms with E-state index >= 15 is 0 Å². The minimum atomic E-state index is -3.73. The van der Waals surface area contributed by atoms with Gasteiger partial charge in [-0.15, -0.1) is 0 Å². The fraction of sp³-hybridized carbons (Fsp3) is 0.538. The molecule has 0 aliphatic rings. The summed E-state index contributed by atoms with van der Waals surface area (Å²) >= 11 is 1.58. The number of rotatable bonds is 6. The summed E-state index contributed by atoms with van der Waals surface area (Å²) < 4.78 is 40.0. The number of sulfonamides is 1. The summed E-state index contributed by atoms with van der Waals surface area (Å²) in [5.74, 6) is 0.0886. The topological polar surface area (TPSA) is 63.4 Å². The van der Waals surface area contributed by atoms with Gasteiger partial charge in [-0.1, -0.05) is 6.92 Å². The first-order valence-corrected chi connectivity index (χ1v) is 9.11. The maximum Gasteiger partial charge on any atom is 0.243 e. The zero-order chi connectivity index (χ0) is 15.5. The van der Waals surface area contributed by atoms with Crippen molar-refractivity contribution in [3.8, 4) is 0 Å². The lowest BCUT2D eigenvalue weighted by Crippen LogP contribution is -2.38. The van der Waals surface area contributed by atoms with E-state index in [9.17, 15) is 12.8 Å². The molecule has 0 aliphatic heterocycles. The van der Waals surface area contributed by atoms with Crippen LogP contribution in [0.5, 0.6) is 0 Å². The number of anilines is 1. The number of hydrogen-bond acceptors (Lipinski definition) is 4. The van der Waals surface area contributed by atoms with Crippen LogP contribution in [0.25, 0.3) is 0 Å². The van der Waals surface area contributed by atoms with Gasteiger partial charge in [0.25, 0.3) is 0 Å². The predicted molar refractivity (Wildman–Crippen MR) is 83.0 cm³/mol. The molecule has 7 heteroatoms. The largest absolute Gasteiger partial charge is 0.398 e. The van der Waals surface area contributed by atoms with E-state index in [0.717, 1.165) is 6.07 Å². The number of hydrogen-bond donors (Lipinski definition) is 1. The molecule has 2 N–H and O–H groups in total. The summed E-state index contributed by atoms with van der Waals surface area (Å²) in [5.41, 5.74) is 6.07. The van der Waals surface area contributed by atoms with E-state index in [4.69, 9.17) is 5.73 Å². The van der Waals surface area contributed by atoms with Crippen LogP contribution in [0.3, 0.4) is 0 Å². The van der Waals surface area contributed by atoms with E-state index in [1.807, 2.05) is 13.2 Å². The maximum absolute atomic E-state index is 13.7. The van der Waals surface area contributed by atoms with Gasteiger partial charge in [0.1, 0.15) is 5.82 Å². The van der Waals surface area contributed by atoms with Crippen molar-refractivity contribution in [3.05, 3.63) is 23.5 Å². The predicted octanol–water partition coefficient (Wildman–Crippen LogP) is 2.48. The molecular weight excluding hydrogens is 299 g/mol. The molecular formula is C13H21FN2O2S2. The molecule has 0 aromatic heterocycles. The molecule has 20 heavy (non-hydrogen) atoms. The summed E-state index contributed by atoms with van der Waals surface area (Å²) in [6.45, 7) is 3.45. The average molecular weight is 320 g/mol. The Hall–Kier alpha value is -0.790. The van der Waals surface area contributed by atoms with Gasteiger partial charge >= 0.3 is 0 Å². The van der Waals surface area contributed by atoms with E-state index in [1.165, 1.54) is 24.3 Å². The van der Waals surface area contributed by atoms with Crippen molar-refractivity contribution < 1.29 is 12.8 Å². The monoisotopic (exact) mass is 320 g/mol. The Bertz CT molecular complexity index is 553. The van der Waals surface area contributed by atoms with Crippen LogP contribution in [0, 0.1) is 12.7 Å². The molecule has 1 rings (SSSR count).